The zero-order valence-electron chi connectivity index (χ0n) is 34.5. The smallest absolute Gasteiger partial charge is 0.324 e. The first-order valence-electron chi connectivity index (χ1n) is 20.3. The molecule has 0 spiro atoms. The molecular formula is C43H57N7O6S. The predicted octanol–water partition coefficient (Wildman–Crippen LogP) is 6.05. The van der Waals surface area contributed by atoms with Gasteiger partial charge in [0, 0.05) is 71.7 Å². The van der Waals surface area contributed by atoms with Crippen molar-refractivity contribution in [3.05, 3.63) is 58.2 Å². The number of ether oxygens (including phenoxy) is 3. The van der Waals surface area contributed by atoms with Crippen molar-refractivity contribution in [3.63, 3.8) is 0 Å². The summed E-state index contributed by atoms with van der Waals surface area (Å²) in [6, 6.07) is 9.01. The maximum Gasteiger partial charge on any atom is 0.324 e. The highest BCUT2D eigenvalue weighted by Crippen LogP contribution is 2.42. The number of aromatic nitrogens is 3. The molecule has 3 aromatic heterocycles. The molecule has 1 aromatic carbocycles. The summed E-state index contributed by atoms with van der Waals surface area (Å²) < 4.78 is 20.4. The maximum absolute atomic E-state index is 14.3. The van der Waals surface area contributed by atoms with Crippen molar-refractivity contribution in [1.82, 2.24) is 35.2 Å². The second-order valence-corrected chi connectivity index (χ2v) is 17.5. The molecule has 0 saturated carbocycles. The number of aryl methyl sites for hydroxylation is 1. The molecule has 0 aliphatic carbocycles. The average Bonchev–Trinajstić information content (AvgIpc) is 3.81. The number of rotatable bonds is 7. The van der Waals surface area contributed by atoms with Crippen molar-refractivity contribution in [3.8, 4) is 22.5 Å². The number of hydrogen-bond acceptors (Lipinski definition) is 11. The van der Waals surface area contributed by atoms with Crippen molar-refractivity contribution < 1.29 is 28.6 Å². The number of hydrazine groups is 1. The van der Waals surface area contributed by atoms with Crippen LogP contribution in [0.3, 0.4) is 0 Å². The standard InChI is InChI=1S/C43H57N7O6S/c1-9-37-48(7)25(3)19-35(56-37)40(51)46-32-21-36-45-33(23-57-36)27-15-16-34-29(20-27)30(39(49(34)10-2)28-13-11-17-44-38(28)26(4)54-8)22-43(5,6)24-55-42(53)31-14-12-18-50(47-31)41(32)52/h11,13,15-17,20,23,25-26,31-32,35,37,47H,9-10,12,14,18-19,21-22,24H2,1-8H3,(H,46,51)/t25-,26+,31+,32+,35+,37+/m1/s1. The van der Waals surface area contributed by atoms with Crippen LogP contribution >= 0.6 is 11.3 Å². The van der Waals surface area contributed by atoms with E-state index < -0.39 is 29.6 Å². The van der Waals surface area contributed by atoms with Crippen molar-refractivity contribution in [1.29, 1.82) is 0 Å². The topological polar surface area (TPSA) is 140 Å². The summed E-state index contributed by atoms with van der Waals surface area (Å²) in [6.07, 6.45) is 3.84. The van der Waals surface area contributed by atoms with Crippen LogP contribution in [0.25, 0.3) is 33.4 Å². The van der Waals surface area contributed by atoms with Crippen LogP contribution in [0, 0.1) is 5.41 Å². The Hall–Kier alpha value is -4.21. The molecule has 0 radical (unpaired) electrons. The monoisotopic (exact) mass is 799 g/mol. The number of esters is 1. The molecule has 2 N–H and O–H groups in total. The fourth-order valence-corrected chi connectivity index (χ4v) is 9.33. The third kappa shape index (κ3) is 8.38. The Morgan fingerprint density at radius 1 is 1.21 bits per heavy atom. The Bertz CT molecular complexity index is 2110. The summed E-state index contributed by atoms with van der Waals surface area (Å²) in [7, 11) is 3.70. The lowest BCUT2D eigenvalue weighted by atomic mass is 9.84. The van der Waals surface area contributed by atoms with Gasteiger partial charge in [-0.05, 0) is 89.8 Å². The molecule has 7 rings (SSSR count). The van der Waals surface area contributed by atoms with Crippen LogP contribution < -0.4 is 10.7 Å². The first-order valence-corrected chi connectivity index (χ1v) is 21.2. The number of nitrogens with zero attached hydrogens (tertiary/aromatic N) is 5. The molecule has 6 bridgehead atoms. The van der Waals surface area contributed by atoms with E-state index in [0.29, 0.717) is 37.2 Å². The number of amides is 2. The van der Waals surface area contributed by atoms with E-state index in [1.54, 1.807) is 13.3 Å². The molecule has 306 valence electrons. The van der Waals surface area contributed by atoms with Gasteiger partial charge in [0.25, 0.3) is 5.91 Å². The lowest BCUT2D eigenvalue weighted by Crippen LogP contribution is -2.62. The number of hydrogen-bond donors (Lipinski definition) is 2. The van der Waals surface area contributed by atoms with Gasteiger partial charge < -0.3 is 24.1 Å². The molecule has 4 aromatic rings. The Balaban J connectivity index is 1.31. The molecule has 6 atom stereocenters. The fraction of sp³-hybridized carbons (Fsp3) is 0.558. The largest absolute Gasteiger partial charge is 0.464 e. The summed E-state index contributed by atoms with van der Waals surface area (Å²) in [5, 5.41) is 8.34. The zero-order chi connectivity index (χ0) is 40.6. The highest BCUT2D eigenvalue weighted by atomic mass is 32.1. The summed E-state index contributed by atoms with van der Waals surface area (Å²) in [5.41, 5.74) is 9.58. The summed E-state index contributed by atoms with van der Waals surface area (Å²) in [4.78, 5) is 54.0. The maximum atomic E-state index is 14.3. The van der Waals surface area contributed by atoms with Crippen LogP contribution in [-0.2, 0) is 48.0 Å². The van der Waals surface area contributed by atoms with Gasteiger partial charge in [0.05, 0.1) is 34.8 Å². The molecule has 13 nitrogen and oxygen atoms in total. The first-order chi connectivity index (χ1) is 27.3. The number of carbonyl (C=O) groups excluding carboxylic acids is 3. The van der Waals surface area contributed by atoms with Crippen LogP contribution in [0.1, 0.15) is 89.6 Å². The number of carbonyl (C=O) groups is 3. The molecule has 14 heteroatoms. The Labute approximate surface area is 339 Å². The molecule has 2 fully saturated rings. The van der Waals surface area contributed by atoms with Gasteiger partial charge in [-0.1, -0.05) is 26.8 Å². The molecule has 57 heavy (non-hydrogen) atoms. The van der Waals surface area contributed by atoms with Gasteiger partial charge in [0.15, 0.2) is 0 Å². The summed E-state index contributed by atoms with van der Waals surface area (Å²) in [5.74, 6) is -1.07. The highest BCUT2D eigenvalue weighted by Gasteiger charge is 2.39. The fourth-order valence-electron chi connectivity index (χ4n) is 8.48. The van der Waals surface area contributed by atoms with Crippen molar-refractivity contribution in [2.75, 3.05) is 27.3 Å². The Kier molecular flexibility index (Phi) is 12.2. The van der Waals surface area contributed by atoms with Crippen LogP contribution in [0.15, 0.2) is 41.9 Å². The number of methoxy groups -OCH3 is 1. The van der Waals surface area contributed by atoms with Crippen LogP contribution in [0.2, 0.25) is 0 Å². The highest BCUT2D eigenvalue weighted by molar-refractivity contribution is 7.10. The van der Waals surface area contributed by atoms with Crippen LogP contribution in [-0.4, -0.2) is 100.0 Å². The average molecular weight is 800 g/mol. The van der Waals surface area contributed by atoms with Gasteiger partial charge in [-0.15, -0.1) is 11.3 Å². The number of benzene rings is 1. The third-order valence-corrected chi connectivity index (χ3v) is 12.7. The normalized spacial score (nSPS) is 25.2. The molecule has 2 saturated heterocycles. The van der Waals surface area contributed by atoms with E-state index in [2.05, 4.69) is 72.2 Å². The number of nitrogens with one attached hydrogen (secondary N) is 2. The lowest BCUT2D eigenvalue weighted by molar-refractivity contribution is -0.171. The minimum atomic E-state index is -0.936. The predicted molar refractivity (Wildman–Crippen MR) is 220 cm³/mol. The van der Waals surface area contributed by atoms with Crippen molar-refractivity contribution >= 4 is 40.0 Å². The summed E-state index contributed by atoms with van der Waals surface area (Å²) in [6.45, 7) is 13.8. The number of cyclic esters (lactones) is 1. The van der Waals surface area contributed by atoms with Gasteiger partial charge in [0.1, 0.15) is 24.4 Å². The van der Waals surface area contributed by atoms with Crippen molar-refractivity contribution in [2.24, 2.45) is 5.41 Å². The minimum Gasteiger partial charge on any atom is -0.464 e. The number of fused-ring (bicyclic) bond motifs is 6. The van der Waals surface area contributed by atoms with Gasteiger partial charge in [-0.3, -0.25) is 29.3 Å². The molecule has 6 heterocycles. The van der Waals surface area contributed by atoms with Gasteiger partial charge in [-0.25, -0.2) is 10.4 Å². The zero-order valence-corrected chi connectivity index (χ0v) is 35.3. The van der Waals surface area contributed by atoms with E-state index >= 15 is 0 Å². The van der Waals surface area contributed by atoms with E-state index in [9.17, 15) is 14.4 Å². The van der Waals surface area contributed by atoms with E-state index in [1.165, 1.54) is 16.3 Å². The quantitative estimate of drug-likeness (QED) is 0.213. The third-order valence-electron chi connectivity index (χ3n) is 11.8. The number of thiazole rings is 1. The molecule has 3 aliphatic rings. The molecule has 3 aliphatic heterocycles. The minimum absolute atomic E-state index is 0.131. The Morgan fingerprint density at radius 2 is 2.02 bits per heavy atom. The van der Waals surface area contributed by atoms with Gasteiger partial charge >= 0.3 is 5.97 Å². The Morgan fingerprint density at radius 3 is 2.77 bits per heavy atom. The van der Waals surface area contributed by atoms with Crippen LogP contribution in [0.5, 0.6) is 0 Å². The molecule has 0 unspecified atom stereocenters. The molecule has 2 amide bonds. The van der Waals surface area contributed by atoms with E-state index in [1.807, 2.05) is 32.3 Å². The van der Waals surface area contributed by atoms with Crippen LogP contribution in [0.4, 0.5) is 0 Å². The van der Waals surface area contributed by atoms with Gasteiger partial charge in [0.2, 0.25) is 5.91 Å². The van der Waals surface area contributed by atoms with Gasteiger partial charge in [-0.2, -0.15) is 0 Å². The second-order valence-electron chi connectivity index (χ2n) is 16.5. The van der Waals surface area contributed by atoms with E-state index in [4.69, 9.17) is 24.2 Å². The molecular weight excluding hydrogens is 743 g/mol. The number of pyridine rings is 1. The summed E-state index contributed by atoms with van der Waals surface area (Å²) >= 11 is 1.46. The second kappa shape index (κ2) is 16.9. The first kappa shape index (κ1) is 41.0. The van der Waals surface area contributed by atoms with Crippen molar-refractivity contribution in [2.45, 2.75) is 123 Å². The SMILES string of the molecule is CC[C@@H]1O[C@H](C(=O)N[C@H]2Cc3nc(cs3)-c3ccc4c(c3)c(c(-c3cccnc3[C@H](C)OC)n4CC)CC(C)(C)COC(=O)[C@@H]3CCCN(N3)C2=O)C[C@@H](C)N1C. The lowest BCUT2D eigenvalue weighted by Gasteiger charge is -2.41. The van der Waals surface area contributed by atoms with E-state index in [0.717, 1.165) is 57.6 Å². The van der Waals surface area contributed by atoms with E-state index in [-0.39, 0.29) is 43.2 Å².